The molecule has 0 aliphatic rings. The maximum atomic E-state index is 11.9. The summed E-state index contributed by atoms with van der Waals surface area (Å²) in [6, 6.07) is 2.45. The molecule has 0 saturated carbocycles. The number of amides is 2. The van der Waals surface area contributed by atoms with Gasteiger partial charge in [-0.3, -0.25) is 0 Å². The van der Waals surface area contributed by atoms with E-state index in [4.69, 9.17) is 4.42 Å². The number of nitrogens with one attached hydrogen (secondary N) is 2. The number of aromatic nitrogens is 1. The molecule has 3 N–H and O–H groups in total. The predicted octanol–water partition coefficient (Wildman–Crippen LogP) is 1.84. The normalized spacial score (nSPS) is 13.4. The first kappa shape index (κ1) is 15.0. The van der Waals surface area contributed by atoms with E-state index in [-0.39, 0.29) is 12.3 Å². The minimum Gasteiger partial charge on any atom is -0.479 e. The second-order valence-electron chi connectivity index (χ2n) is 4.57. The maximum absolute atomic E-state index is 11.9. The Labute approximate surface area is 125 Å². The Kier molecular flexibility index (Phi) is 4.27. The summed E-state index contributed by atoms with van der Waals surface area (Å²) in [6.45, 7) is 3.46. The van der Waals surface area contributed by atoms with Gasteiger partial charge in [0.2, 0.25) is 0 Å². The van der Waals surface area contributed by atoms with Crippen molar-refractivity contribution in [2.75, 3.05) is 0 Å². The summed E-state index contributed by atoms with van der Waals surface area (Å²) in [7, 11) is 0. The number of carboxylic acid groups (broad SMARTS) is 1. The first-order chi connectivity index (χ1) is 9.91. The summed E-state index contributed by atoms with van der Waals surface area (Å²) in [4.78, 5) is 27.5. The second-order valence-corrected chi connectivity index (χ2v) is 5.64. The van der Waals surface area contributed by atoms with Gasteiger partial charge in [-0.25, -0.2) is 14.6 Å². The quantitative estimate of drug-likeness (QED) is 0.781. The Balaban J connectivity index is 2.01. The molecule has 112 valence electrons. The number of furan rings is 1. The molecule has 0 saturated heterocycles. The molecule has 0 aromatic carbocycles. The third-order valence-corrected chi connectivity index (χ3v) is 3.72. The van der Waals surface area contributed by atoms with Gasteiger partial charge >= 0.3 is 12.0 Å². The molecule has 2 rings (SSSR count). The topological polar surface area (TPSA) is 104 Å². The van der Waals surface area contributed by atoms with E-state index in [0.29, 0.717) is 0 Å². The number of carboxylic acids is 1. The molecule has 0 aliphatic carbocycles. The predicted molar refractivity (Wildman–Crippen MR) is 75.9 cm³/mol. The lowest BCUT2D eigenvalue weighted by molar-refractivity contribution is -0.144. The number of carbonyl (C=O) groups excluding carboxylic acids is 1. The summed E-state index contributed by atoms with van der Waals surface area (Å²) in [6.07, 6.45) is 1.36. The van der Waals surface area contributed by atoms with E-state index < -0.39 is 17.5 Å². The SMILES string of the molecule is Cc1nc(CNC(=O)NC(C)(C(=O)O)c2ccco2)cs1. The molecule has 2 aromatic heterocycles. The van der Waals surface area contributed by atoms with Crippen LogP contribution in [-0.4, -0.2) is 22.1 Å². The van der Waals surface area contributed by atoms with Crippen molar-refractivity contribution in [2.45, 2.75) is 25.9 Å². The molecule has 21 heavy (non-hydrogen) atoms. The number of rotatable bonds is 5. The molecule has 1 unspecified atom stereocenters. The van der Waals surface area contributed by atoms with E-state index in [0.717, 1.165) is 10.7 Å². The van der Waals surface area contributed by atoms with E-state index in [1.807, 2.05) is 12.3 Å². The minimum absolute atomic E-state index is 0.148. The van der Waals surface area contributed by atoms with E-state index in [1.165, 1.54) is 30.6 Å². The Morgan fingerprint density at radius 2 is 2.29 bits per heavy atom. The van der Waals surface area contributed by atoms with E-state index in [1.54, 1.807) is 6.07 Å². The van der Waals surface area contributed by atoms with Gasteiger partial charge in [0.1, 0.15) is 5.76 Å². The van der Waals surface area contributed by atoms with Gasteiger partial charge in [0.25, 0.3) is 0 Å². The van der Waals surface area contributed by atoms with Gasteiger partial charge in [-0.1, -0.05) is 0 Å². The molecule has 0 fully saturated rings. The Hall–Kier alpha value is -2.35. The smallest absolute Gasteiger partial charge is 0.337 e. The fourth-order valence-corrected chi connectivity index (χ4v) is 2.33. The van der Waals surface area contributed by atoms with Crippen LogP contribution in [0, 0.1) is 6.92 Å². The molecule has 0 bridgehead atoms. The molecule has 0 radical (unpaired) electrons. The number of urea groups is 1. The van der Waals surface area contributed by atoms with Gasteiger partial charge in [-0.15, -0.1) is 11.3 Å². The van der Waals surface area contributed by atoms with Gasteiger partial charge in [0.15, 0.2) is 5.54 Å². The van der Waals surface area contributed by atoms with Crippen LogP contribution < -0.4 is 10.6 Å². The van der Waals surface area contributed by atoms with Crippen LogP contribution >= 0.6 is 11.3 Å². The molecule has 0 aliphatic heterocycles. The summed E-state index contributed by atoms with van der Waals surface area (Å²) < 4.78 is 5.09. The summed E-state index contributed by atoms with van der Waals surface area (Å²) >= 11 is 1.48. The van der Waals surface area contributed by atoms with Crippen molar-refractivity contribution in [3.63, 3.8) is 0 Å². The molecular formula is C13H15N3O4S. The molecule has 2 aromatic rings. The van der Waals surface area contributed by atoms with Crippen molar-refractivity contribution in [1.82, 2.24) is 15.6 Å². The zero-order valence-electron chi connectivity index (χ0n) is 11.5. The van der Waals surface area contributed by atoms with Crippen LogP contribution in [0.5, 0.6) is 0 Å². The third-order valence-electron chi connectivity index (χ3n) is 2.90. The third kappa shape index (κ3) is 3.40. The molecule has 2 amide bonds. The van der Waals surface area contributed by atoms with Crippen LogP contribution in [0.3, 0.4) is 0 Å². The zero-order chi connectivity index (χ0) is 15.5. The minimum atomic E-state index is -1.63. The lowest BCUT2D eigenvalue weighted by Gasteiger charge is -2.23. The first-order valence-electron chi connectivity index (χ1n) is 6.16. The molecule has 8 heteroatoms. The maximum Gasteiger partial charge on any atom is 0.337 e. The number of nitrogens with zero attached hydrogens (tertiary/aromatic N) is 1. The average molecular weight is 309 g/mol. The van der Waals surface area contributed by atoms with Gasteiger partial charge in [0.05, 0.1) is 23.5 Å². The van der Waals surface area contributed by atoms with E-state index in [9.17, 15) is 14.7 Å². The molecule has 0 spiro atoms. The summed E-state index contributed by atoms with van der Waals surface area (Å²) in [5.41, 5.74) is -0.909. The Bertz CT molecular complexity index is 638. The zero-order valence-corrected chi connectivity index (χ0v) is 12.4. The van der Waals surface area contributed by atoms with E-state index >= 15 is 0 Å². The number of hydrogen-bond acceptors (Lipinski definition) is 5. The van der Waals surface area contributed by atoms with Crippen LogP contribution in [0.25, 0.3) is 0 Å². The van der Waals surface area contributed by atoms with Crippen LogP contribution in [-0.2, 0) is 16.9 Å². The van der Waals surface area contributed by atoms with Gasteiger partial charge in [-0.2, -0.15) is 0 Å². The number of thiazole rings is 1. The van der Waals surface area contributed by atoms with Crippen LogP contribution in [0.1, 0.15) is 23.4 Å². The van der Waals surface area contributed by atoms with E-state index in [2.05, 4.69) is 15.6 Å². The van der Waals surface area contributed by atoms with Gasteiger partial charge in [0, 0.05) is 5.38 Å². The fourth-order valence-electron chi connectivity index (χ4n) is 1.72. The molecular weight excluding hydrogens is 294 g/mol. The van der Waals surface area contributed by atoms with Crippen molar-refractivity contribution in [3.8, 4) is 0 Å². The highest BCUT2D eigenvalue weighted by molar-refractivity contribution is 7.09. The summed E-state index contributed by atoms with van der Waals surface area (Å²) in [5, 5.41) is 17.0. The Morgan fingerprint density at radius 3 is 2.81 bits per heavy atom. The largest absolute Gasteiger partial charge is 0.479 e. The molecule has 2 heterocycles. The van der Waals surface area contributed by atoms with Crippen molar-refractivity contribution >= 4 is 23.3 Å². The summed E-state index contributed by atoms with van der Waals surface area (Å²) in [5.74, 6) is -1.06. The first-order valence-corrected chi connectivity index (χ1v) is 7.04. The van der Waals surface area contributed by atoms with Crippen molar-refractivity contribution in [1.29, 1.82) is 0 Å². The number of aryl methyl sites for hydroxylation is 1. The van der Waals surface area contributed by atoms with Crippen LogP contribution in [0.15, 0.2) is 28.2 Å². The molecule has 7 nitrogen and oxygen atoms in total. The standard InChI is InChI=1S/C13H15N3O4S/c1-8-15-9(7-21-8)6-14-12(19)16-13(2,11(17)18)10-4-3-5-20-10/h3-5,7H,6H2,1-2H3,(H,17,18)(H2,14,16,19). The number of aliphatic carboxylic acids is 1. The number of carbonyl (C=O) groups is 2. The average Bonchev–Trinajstić information content (AvgIpc) is 3.07. The van der Waals surface area contributed by atoms with Gasteiger partial charge < -0.3 is 20.2 Å². The second kappa shape index (κ2) is 5.96. The van der Waals surface area contributed by atoms with Crippen molar-refractivity contribution in [2.24, 2.45) is 0 Å². The van der Waals surface area contributed by atoms with Crippen LogP contribution in [0.4, 0.5) is 4.79 Å². The Morgan fingerprint density at radius 1 is 1.52 bits per heavy atom. The lowest BCUT2D eigenvalue weighted by atomic mass is 9.99. The highest BCUT2D eigenvalue weighted by atomic mass is 32.1. The van der Waals surface area contributed by atoms with Crippen molar-refractivity contribution < 1.29 is 19.1 Å². The molecule has 1 atom stereocenters. The van der Waals surface area contributed by atoms with Gasteiger partial charge in [-0.05, 0) is 26.0 Å². The monoisotopic (exact) mass is 309 g/mol. The van der Waals surface area contributed by atoms with Crippen LogP contribution in [0.2, 0.25) is 0 Å². The lowest BCUT2D eigenvalue weighted by Crippen LogP contribution is -2.52. The fraction of sp³-hybridized carbons (Fsp3) is 0.308. The number of hydrogen-bond donors (Lipinski definition) is 3. The van der Waals surface area contributed by atoms with Crippen molar-refractivity contribution in [3.05, 3.63) is 40.2 Å². The highest BCUT2D eigenvalue weighted by Crippen LogP contribution is 2.21. The highest BCUT2D eigenvalue weighted by Gasteiger charge is 2.39.